The number of carbonyl (C=O) groups excluding carboxylic acids is 1. The van der Waals surface area contributed by atoms with Gasteiger partial charge in [-0.1, -0.05) is 12.1 Å². The van der Waals surface area contributed by atoms with E-state index >= 15 is 0 Å². The van der Waals surface area contributed by atoms with Crippen LogP contribution in [0.1, 0.15) is 44.0 Å². The van der Waals surface area contributed by atoms with Crippen molar-refractivity contribution in [2.75, 3.05) is 6.54 Å². The summed E-state index contributed by atoms with van der Waals surface area (Å²) in [6.45, 7) is 6.87. The number of benzene rings is 1. The van der Waals surface area contributed by atoms with Gasteiger partial charge >= 0.3 is 0 Å². The van der Waals surface area contributed by atoms with Gasteiger partial charge in [-0.25, -0.2) is 0 Å². The van der Waals surface area contributed by atoms with Gasteiger partial charge in [0.1, 0.15) is 5.75 Å². The molecule has 0 saturated carbocycles. The molecule has 0 radical (unpaired) electrons. The first-order chi connectivity index (χ1) is 8.51. The molecule has 1 aromatic rings. The van der Waals surface area contributed by atoms with E-state index in [0.717, 1.165) is 30.7 Å². The molecule has 1 unspecified atom stereocenters. The molecule has 0 aliphatic carbocycles. The topological polar surface area (TPSA) is 38.3 Å². The summed E-state index contributed by atoms with van der Waals surface area (Å²) in [6, 6.07) is 7.47. The molecule has 2 rings (SSSR count). The Hall–Kier alpha value is -1.35. The molecule has 1 saturated heterocycles. The lowest BCUT2D eigenvalue weighted by molar-refractivity contribution is 0.0883. The summed E-state index contributed by atoms with van der Waals surface area (Å²) in [4.78, 5) is 12.5. The Balaban J connectivity index is 2.20. The first-order valence-electron chi connectivity index (χ1n) is 6.58. The average molecular weight is 247 g/mol. The van der Waals surface area contributed by atoms with Crippen LogP contribution in [0.5, 0.6) is 5.75 Å². The third-order valence-electron chi connectivity index (χ3n) is 3.34. The predicted octanol–water partition coefficient (Wildman–Crippen LogP) is 2.80. The van der Waals surface area contributed by atoms with E-state index < -0.39 is 5.54 Å². The molecule has 3 nitrogen and oxygen atoms in total. The summed E-state index contributed by atoms with van der Waals surface area (Å²) in [5.74, 6) is 0.923. The maximum atomic E-state index is 12.5. The fourth-order valence-electron chi connectivity index (χ4n) is 2.39. The zero-order chi connectivity index (χ0) is 13.2. The smallest absolute Gasteiger partial charge is 0.182 e. The van der Waals surface area contributed by atoms with E-state index in [1.54, 1.807) is 0 Å². The quantitative estimate of drug-likeness (QED) is 0.831. The molecule has 1 aliphatic heterocycles. The van der Waals surface area contributed by atoms with E-state index in [1.807, 2.05) is 45.0 Å². The van der Waals surface area contributed by atoms with E-state index in [1.165, 1.54) is 0 Å². The third-order valence-corrected chi connectivity index (χ3v) is 3.34. The summed E-state index contributed by atoms with van der Waals surface area (Å²) in [5.41, 5.74) is 0.321. The van der Waals surface area contributed by atoms with Gasteiger partial charge < -0.3 is 10.1 Å². The number of rotatable bonds is 4. The lowest BCUT2D eigenvalue weighted by Crippen LogP contribution is -2.44. The van der Waals surface area contributed by atoms with E-state index in [0.29, 0.717) is 0 Å². The Bertz CT molecular complexity index is 434. The van der Waals surface area contributed by atoms with Crippen LogP contribution in [0.2, 0.25) is 0 Å². The first-order valence-corrected chi connectivity index (χ1v) is 6.58. The Kier molecular flexibility index (Phi) is 3.71. The monoisotopic (exact) mass is 247 g/mol. The fourth-order valence-corrected chi connectivity index (χ4v) is 2.39. The number of carbonyl (C=O) groups is 1. The fraction of sp³-hybridized carbons (Fsp3) is 0.533. The number of hydrogen-bond acceptors (Lipinski definition) is 3. The van der Waals surface area contributed by atoms with E-state index in [-0.39, 0.29) is 11.9 Å². The van der Waals surface area contributed by atoms with Crippen molar-refractivity contribution < 1.29 is 9.53 Å². The number of ether oxygens (including phenoxy) is 1. The van der Waals surface area contributed by atoms with Gasteiger partial charge in [-0.05, 0) is 52.3 Å². The molecule has 1 aliphatic rings. The van der Waals surface area contributed by atoms with Crippen molar-refractivity contribution in [1.82, 2.24) is 5.32 Å². The van der Waals surface area contributed by atoms with Crippen molar-refractivity contribution in [3.05, 3.63) is 29.8 Å². The third kappa shape index (κ3) is 2.72. The number of hydrogen-bond donors (Lipinski definition) is 1. The highest BCUT2D eigenvalue weighted by Crippen LogP contribution is 2.25. The maximum Gasteiger partial charge on any atom is 0.182 e. The zero-order valence-corrected chi connectivity index (χ0v) is 11.3. The molecule has 3 heteroatoms. The molecule has 1 aromatic carbocycles. The van der Waals surface area contributed by atoms with E-state index in [4.69, 9.17) is 4.74 Å². The molecule has 1 heterocycles. The second-order valence-electron chi connectivity index (χ2n) is 5.39. The highest BCUT2D eigenvalue weighted by Gasteiger charge is 2.36. The van der Waals surface area contributed by atoms with Crippen molar-refractivity contribution in [3.8, 4) is 5.75 Å². The summed E-state index contributed by atoms with van der Waals surface area (Å²) < 4.78 is 5.63. The van der Waals surface area contributed by atoms with Crippen molar-refractivity contribution in [1.29, 1.82) is 0 Å². The Morgan fingerprint density at radius 2 is 2.22 bits per heavy atom. The molecule has 1 atom stereocenters. The molecular formula is C15H21NO2. The highest BCUT2D eigenvalue weighted by molar-refractivity contribution is 6.03. The molecule has 0 bridgehead atoms. The molecular weight excluding hydrogens is 226 g/mol. The Morgan fingerprint density at radius 1 is 1.44 bits per heavy atom. The number of ketones is 1. The van der Waals surface area contributed by atoms with Crippen LogP contribution in [0, 0.1) is 0 Å². The van der Waals surface area contributed by atoms with E-state index in [9.17, 15) is 4.79 Å². The second-order valence-corrected chi connectivity index (χ2v) is 5.39. The minimum absolute atomic E-state index is 0.121. The van der Waals surface area contributed by atoms with Gasteiger partial charge in [0.2, 0.25) is 0 Å². The lowest BCUT2D eigenvalue weighted by atomic mass is 9.90. The van der Waals surface area contributed by atoms with Crippen molar-refractivity contribution in [3.63, 3.8) is 0 Å². The largest absolute Gasteiger partial charge is 0.491 e. The molecule has 0 amide bonds. The van der Waals surface area contributed by atoms with Gasteiger partial charge in [0.15, 0.2) is 5.78 Å². The van der Waals surface area contributed by atoms with Crippen molar-refractivity contribution in [2.24, 2.45) is 0 Å². The summed E-state index contributed by atoms with van der Waals surface area (Å²) in [5, 5.41) is 3.30. The van der Waals surface area contributed by atoms with Crippen LogP contribution >= 0.6 is 0 Å². The minimum atomic E-state index is -0.406. The van der Waals surface area contributed by atoms with Gasteiger partial charge in [0, 0.05) is 5.56 Å². The number of nitrogens with one attached hydrogen (secondary N) is 1. The van der Waals surface area contributed by atoms with Crippen molar-refractivity contribution in [2.45, 2.75) is 45.3 Å². The summed E-state index contributed by atoms with van der Waals surface area (Å²) in [7, 11) is 0. The summed E-state index contributed by atoms with van der Waals surface area (Å²) in [6.07, 6.45) is 2.08. The molecule has 98 valence electrons. The van der Waals surface area contributed by atoms with Crippen LogP contribution in [0.15, 0.2) is 24.3 Å². The maximum absolute atomic E-state index is 12.5. The van der Waals surface area contributed by atoms with Crippen LogP contribution in [0.25, 0.3) is 0 Å². The molecule has 1 N–H and O–H groups in total. The van der Waals surface area contributed by atoms with Gasteiger partial charge in [0.05, 0.1) is 11.6 Å². The van der Waals surface area contributed by atoms with Gasteiger partial charge in [-0.2, -0.15) is 0 Å². The number of Topliss-reactive ketones (excluding diaryl/α,β-unsaturated/α-hetero) is 1. The molecule has 0 aromatic heterocycles. The zero-order valence-electron chi connectivity index (χ0n) is 11.3. The average Bonchev–Trinajstić information content (AvgIpc) is 2.76. The van der Waals surface area contributed by atoms with Crippen LogP contribution in [-0.4, -0.2) is 24.0 Å². The Morgan fingerprint density at radius 3 is 2.83 bits per heavy atom. The van der Waals surface area contributed by atoms with Crippen LogP contribution in [0.4, 0.5) is 0 Å². The Labute approximate surface area is 109 Å². The highest BCUT2D eigenvalue weighted by atomic mass is 16.5. The second kappa shape index (κ2) is 5.11. The SMILES string of the molecule is CC(C)Oc1cccc(C(=O)C2(C)CCCN2)c1. The van der Waals surface area contributed by atoms with Gasteiger partial charge in [-0.15, -0.1) is 0 Å². The van der Waals surface area contributed by atoms with Gasteiger partial charge in [0.25, 0.3) is 0 Å². The molecule has 1 fully saturated rings. The van der Waals surface area contributed by atoms with Gasteiger partial charge in [-0.3, -0.25) is 4.79 Å². The van der Waals surface area contributed by atoms with Crippen LogP contribution in [0.3, 0.4) is 0 Å². The molecule has 18 heavy (non-hydrogen) atoms. The lowest BCUT2D eigenvalue weighted by Gasteiger charge is -2.23. The predicted molar refractivity (Wildman–Crippen MR) is 72.2 cm³/mol. The normalized spacial score (nSPS) is 23.3. The van der Waals surface area contributed by atoms with Crippen LogP contribution in [-0.2, 0) is 0 Å². The standard InChI is InChI=1S/C15H21NO2/c1-11(2)18-13-7-4-6-12(10-13)14(17)15(3)8-5-9-16-15/h4,6-7,10-11,16H,5,8-9H2,1-3H3. The summed E-state index contributed by atoms with van der Waals surface area (Å²) >= 11 is 0. The molecule has 0 spiro atoms. The van der Waals surface area contributed by atoms with E-state index in [2.05, 4.69) is 5.32 Å². The van der Waals surface area contributed by atoms with Crippen LogP contribution < -0.4 is 10.1 Å². The minimum Gasteiger partial charge on any atom is -0.491 e. The first kappa shape index (κ1) is 13.1. The van der Waals surface area contributed by atoms with Crippen molar-refractivity contribution >= 4 is 5.78 Å².